The molecule has 0 amide bonds. The number of hydrogen-bond acceptors (Lipinski definition) is 2. The maximum atomic E-state index is 5.40. The minimum absolute atomic E-state index is 0. The van der Waals surface area contributed by atoms with Crippen molar-refractivity contribution in [2.75, 3.05) is 6.54 Å². The number of rotatable bonds is 3. The molecule has 0 bridgehead atoms. The fourth-order valence-corrected chi connectivity index (χ4v) is 1.16. The highest BCUT2D eigenvalue weighted by Gasteiger charge is 1.97. The van der Waals surface area contributed by atoms with E-state index in [0.29, 0.717) is 0 Å². The number of aromatic nitrogens is 2. The molecule has 4 heteroatoms. The lowest BCUT2D eigenvalue weighted by molar-refractivity contribution is 0.633. The molecule has 1 rings (SSSR count). The molecule has 0 spiro atoms. The highest BCUT2D eigenvalue weighted by Crippen LogP contribution is 2.01. The van der Waals surface area contributed by atoms with E-state index >= 15 is 0 Å². The Morgan fingerprint density at radius 3 is 2.58 bits per heavy atom. The molecular weight excluding hydrogens is 174 g/mol. The van der Waals surface area contributed by atoms with Crippen LogP contribution in [0.1, 0.15) is 17.9 Å². The first-order chi connectivity index (χ1) is 5.24. The molecule has 1 aromatic rings. The van der Waals surface area contributed by atoms with Crippen molar-refractivity contribution in [2.45, 2.75) is 26.8 Å². The van der Waals surface area contributed by atoms with Gasteiger partial charge in [-0.25, -0.2) is 4.98 Å². The Bertz CT molecular complexity index is 232. The van der Waals surface area contributed by atoms with Gasteiger partial charge in [-0.2, -0.15) is 0 Å². The largest absolute Gasteiger partial charge is 0.335 e. The quantitative estimate of drug-likeness (QED) is 0.779. The van der Waals surface area contributed by atoms with E-state index in [1.54, 1.807) is 0 Å². The molecule has 12 heavy (non-hydrogen) atoms. The van der Waals surface area contributed by atoms with Crippen molar-refractivity contribution in [1.82, 2.24) is 9.55 Å². The normalized spacial score (nSPS) is 9.58. The van der Waals surface area contributed by atoms with E-state index < -0.39 is 0 Å². The predicted molar refractivity (Wildman–Crippen MR) is 52.6 cm³/mol. The van der Waals surface area contributed by atoms with E-state index in [1.165, 1.54) is 0 Å². The van der Waals surface area contributed by atoms with Crippen molar-refractivity contribution in [3.8, 4) is 0 Å². The van der Waals surface area contributed by atoms with E-state index in [9.17, 15) is 0 Å². The Kier molecular flexibility index (Phi) is 4.93. The summed E-state index contributed by atoms with van der Waals surface area (Å²) in [7, 11) is 0. The number of imidazole rings is 1. The SMILES string of the molecule is Cc1cn(CCCN)c(C)n1.Cl. The number of halogens is 1. The van der Waals surface area contributed by atoms with Crippen molar-refractivity contribution < 1.29 is 0 Å². The molecule has 0 radical (unpaired) electrons. The van der Waals surface area contributed by atoms with E-state index in [-0.39, 0.29) is 12.4 Å². The molecule has 0 aliphatic carbocycles. The van der Waals surface area contributed by atoms with Gasteiger partial charge in [-0.3, -0.25) is 0 Å². The van der Waals surface area contributed by atoms with E-state index in [2.05, 4.69) is 15.7 Å². The molecule has 0 saturated carbocycles. The third kappa shape index (κ3) is 2.83. The van der Waals surface area contributed by atoms with Gasteiger partial charge in [-0.15, -0.1) is 12.4 Å². The second kappa shape index (κ2) is 5.17. The minimum Gasteiger partial charge on any atom is -0.335 e. The predicted octanol–water partition coefficient (Wildman–Crippen LogP) is 1.27. The summed E-state index contributed by atoms with van der Waals surface area (Å²) in [6, 6.07) is 0. The van der Waals surface area contributed by atoms with Crippen LogP contribution < -0.4 is 5.73 Å². The van der Waals surface area contributed by atoms with Crippen molar-refractivity contribution in [3.63, 3.8) is 0 Å². The number of nitrogens with two attached hydrogens (primary N) is 1. The van der Waals surface area contributed by atoms with Crippen LogP contribution in [-0.4, -0.2) is 16.1 Å². The third-order valence-corrected chi connectivity index (χ3v) is 1.70. The zero-order valence-electron chi connectivity index (χ0n) is 7.58. The number of hydrogen-bond donors (Lipinski definition) is 1. The topological polar surface area (TPSA) is 43.8 Å². The Labute approximate surface area is 79.4 Å². The maximum Gasteiger partial charge on any atom is 0.105 e. The van der Waals surface area contributed by atoms with E-state index in [0.717, 1.165) is 31.0 Å². The van der Waals surface area contributed by atoms with Crippen LogP contribution in [0.5, 0.6) is 0 Å². The average molecular weight is 190 g/mol. The summed E-state index contributed by atoms with van der Waals surface area (Å²) < 4.78 is 2.14. The highest BCUT2D eigenvalue weighted by molar-refractivity contribution is 5.85. The average Bonchev–Trinajstić information content (AvgIpc) is 2.26. The molecule has 0 atom stereocenters. The van der Waals surface area contributed by atoms with Crippen LogP contribution >= 0.6 is 12.4 Å². The van der Waals surface area contributed by atoms with Gasteiger partial charge in [0.2, 0.25) is 0 Å². The number of nitrogens with zero attached hydrogens (tertiary/aromatic N) is 2. The van der Waals surface area contributed by atoms with Crippen LogP contribution in [0, 0.1) is 13.8 Å². The van der Waals surface area contributed by atoms with Crippen LogP contribution in [0.4, 0.5) is 0 Å². The molecule has 2 N–H and O–H groups in total. The first-order valence-electron chi connectivity index (χ1n) is 3.94. The molecule has 1 heterocycles. The summed E-state index contributed by atoms with van der Waals surface area (Å²) in [6.45, 7) is 5.76. The van der Waals surface area contributed by atoms with Crippen molar-refractivity contribution >= 4 is 12.4 Å². The summed E-state index contributed by atoms with van der Waals surface area (Å²) in [5.41, 5.74) is 6.48. The van der Waals surface area contributed by atoms with Gasteiger partial charge in [-0.1, -0.05) is 0 Å². The first-order valence-corrected chi connectivity index (χ1v) is 3.94. The fraction of sp³-hybridized carbons (Fsp3) is 0.625. The molecule has 0 saturated heterocycles. The van der Waals surface area contributed by atoms with Crippen molar-refractivity contribution in [2.24, 2.45) is 5.73 Å². The van der Waals surface area contributed by atoms with Crippen molar-refractivity contribution in [3.05, 3.63) is 17.7 Å². The second-order valence-electron chi connectivity index (χ2n) is 2.77. The van der Waals surface area contributed by atoms with Gasteiger partial charge in [0.25, 0.3) is 0 Å². The van der Waals surface area contributed by atoms with Crippen molar-refractivity contribution in [1.29, 1.82) is 0 Å². The van der Waals surface area contributed by atoms with E-state index in [4.69, 9.17) is 5.73 Å². The molecule has 0 aliphatic heterocycles. The molecule has 0 aromatic carbocycles. The van der Waals surface area contributed by atoms with Crippen LogP contribution in [0.25, 0.3) is 0 Å². The lowest BCUT2D eigenvalue weighted by Crippen LogP contribution is -2.06. The van der Waals surface area contributed by atoms with Gasteiger partial charge >= 0.3 is 0 Å². The van der Waals surface area contributed by atoms with Crippen LogP contribution in [-0.2, 0) is 6.54 Å². The molecule has 0 unspecified atom stereocenters. The summed E-state index contributed by atoms with van der Waals surface area (Å²) in [4.78, 5) is 4.29. The molecule has 0 fully saturated rings. The zero-order chi connectivity index (χ0) is 8.27. The Balaban J connectivity index is 0.00000121. The molecule has 1 aromatic heterocycles. The van der Waals surface area contributed by atoms with Crippen LogP contribution in [0.3, 0.4) is 0 Å². The highest BCUT2D eigenvalue weighted by atomic mass is 35.5. The molecular formula is C8H16ClN3. The lowest BCUT2D eigenvalue weighted by atomic mass is 10.4. The molecule has 0 aliphatic rings. The summed E-state index contributed by atoms with van der Waals surface area (Å²) in [6.07, 6.45) is 3.08. The van der Waals surface area contributed by atoms with Gasteiger partial charge in [0.05, 0.1) is 5.69 Å². The zero-order valence-corrected chi connectivity index (χ0v) is 8.40. The second-order valence-corrected chi connectivity index (χ2v) is 2.77. The summed E-state index contributed by atoms with van der Waals surface area (Å²) in [5.74, 6) is 1.08. The number of aryl methyl sites for hydroxylation is 3. The Morgan fingerprint density at radius 1 is 1.50 bits per heavy atom. The molecule has 70 valence electrons. The van der Waals surface area contributed by atoms with Gasteiger partial charge in [0.15, 0.2) is 0 Å². The smallest absolute Gasteiger partial charge is 0.105 e. The molecule has 3 nitrogen and oxygen atoms in total. The van der Waals surface area contributed by atoms with Gasteiger partial charge in [0.1, 0.15) is 5.82 Å². The van der Waals surface area contributed by atoms with Gasteiger partial charge in [0, 0.05) is 12.7 Å². The lowest BCUT2D eigenvalue weighted by Gasteiger charge is -2.01. The van der Waals surface area contributed by atoms with Crippen LogP contribution in [0.15, 0.2) is 6.20 Å². The Hall–Kier alpha value is -0.540. The minimum atomic E-state index is 0. The summed E-state index contributed by atoms with van der Waals surface area (Å²) in [5, 5.41) is 0. The monoisotopic (exact) mass is 189 g/mol. The van der Waals surface area contributed by atoms with E-state index in [1.807, 2.05) is 13.8 Å². The first kappa shape index (κ1) is 11.5. The van der Waals surface area contributed by atoms with Gasteiger partial charge < -0.3 is 10.3 Å². The maximum absolute atomic E-state index is 5.40. The fourth-order valence-electron chi connectivity index (χ4n) is 1.16. The third-order valence-electron chi connectivity index (χ3n) is 1.70. The summed E-state index contributed by atoms with van der Waals surface area (Å²) >= 11 is 0. The standard InChI is InChI=1S/C8H15N3.ClH/c1-7-6-11(5-3-4-9)8(2)10-7;/h6H,3-5,9H2,1-2H3;1H. The van der Waals surface area contributed by atoms with Crippen LogP contribution in [0.2, 0.25) is 0 Å². The Morgan fingerprint density at radius 2 is 2.17 bits per heavy atom. The van der Waals surface area contributed by atoms with Gasteiger partial charge in [-0.05, 0) is 26.8 Å².